The molecule has 2 aromatic carbocycles. The van der Waals surface area contributed by atoms with Crippen LogP contribution in [0, 0.1) is 11.7 Å². The van der Waals surface area contributed by atoms with Crippen molar-refractivity contribution in [2.75, 3.05) is 36.5 Å². The minimum Gasteiger partial charge on any atom is -0.497 e. The van der Waals surface area contributed by atoms with Crippen molar-refractivity contribution in [2.24, 2.45) is 5.92 Å². The molecule has 33 heavy (non-hydrogen) atoms. The zero-order chi connectivity index (χ0) is 22.8. The highest BCUT2D eigenvalue weighted by Gasteiger charge is 2.42. The molecule has 0 aliphatic carbocycles. The Balaban J connectivity index is 1.43. The molecule has 2 aliphatic heterocycles. The Morgan fingerprint density at radius 2 is 1.94 bits per heavy atom. The van der Waals surface area contributed by atoms with E-state index in [0.29, 0.717) is 38.3 Å². The number of ether oxygens (including phenoxy) is 1. The number of hydrogen-bond donors (Lipinski definition) is 1. The van der Waals surface area contributed by atoms with Crippen LogP contribution in [0.15, 0.2) is 67.0 Å². The number of nitrogens with zero attached hydrogens (tertiary/aromatic N) is 3. The number of carbonyl (C=O) groups is 1. The number of anilines is 2. The maximum atomic E-state index is 14.5. The maximum absolute atomic E-state index is 14.5. The van der Waals surface area contributed by atoms with Gasteiger partial charge in [0.05, 0.1) is 24.8 Å². The molecule has 3 heterocycles. The molecule has 0 radical (unpaired) electrons. The molecule has 1 N–H and O–H groups in total. The molecule has 2 atom stereocenters. The first-order valence-electron chi connectivity index (χ1n) is 11.2. The minimum atomic E-state index is -0.248. The fourth-order valence-corrected chi connectivity index (χ4v) is 4.95. The monoisotopic (exact) mass is 446 g/mol. The standard InChI is InChI=1S/C26H27FN4O2/c1-33-20-7-6-19-14-21(26(32)29-16-18-8-10-28-11-9-18)25-17-30(12-13-31(25)24(19)15-20)23-5-3-2-4-22(23)27/h2-11,15,21,25H,12-14,16-17H2,1H3,(H,29,32). The van der Waals surface area contributed by atoms with E-state index in [1.807, 2.05) is 36.4 Å². The lowest BCUT2D eigenvalue weighted by atomic mass is 9.83. The molecule has 2 unspecified atom stereocenters. The average Bonchev–Trinajstić information content (AvgIpc) is 2.87. The fourth-order valence-electron chi connectivity index (χ4n) is 4.95. The Labute approximate surface area is 193 Å². The summed E-state index contributed by atoms with van der Waals surface area (Å²) in [6.45, 7) is 2.41. The lowest BCUT2D eigenvalue weighted by Gasteiger charge is -2.49. The van der Waals surface area contributed by atoms with Crippen molar-refractivity contribution < 1.29 is 13.9 Å². The van der Waals surface area contributed by atoms with Gasteiger partial charge in [0.2, 0.25) is 5.91 Å². The Morgan fingerprint density at radius 3 is 2.73 bits per heavy atom. The molecule has 7 heteroatoms. The number of piperazine rings is 1. The minimum absolute atomic E-state index is 0.0127. The predicted octanol–water partition coefficient (Wildman–Crippen LogP) is 3.41. The molecule has 0 spiro atoms. The number of halogens is 1. The van der Waals surface area contributed by atoms with Crippen LogP contribution in [0.3, 0.4) is 0 Å². The second-order valence-electron chi connectivity index (χ2n) is 8.54. The Morgan fingerprint density at radius 1 is 1.12 bits per heavy atom. The lowest BCUT2D eigenvalue weighted by Crippen LogP contribution is -2.61. The first-order chi connectivity index (χ1) is 16.1. The summed E-state index contributed by atoms with van der Waals surface area (Å²) in [5, 5.41) is 3.11. The molecule has 1 saturated heterocycles. The third kappa shape index (κ3) is 4.23. The van der Waals surface area contributed by atoms with Gasteiger partial charge in [-0.1, -0.05) is 18.2 Å². The maximum Gasteiger partial charge on any atom is 0.225 e. The summed E-state index contributed by atoms with van der Waals surface area (Å²) in [6.07, 6.45) is 4.08. The van der Waals surface area contributed by atoms with E-state index < -0.39 is 0 Å². The van der Waals surface area contributed by atoms with Gasteiger partial charge in [-0.15, -0.1) is 0 Å². The van der Waals surface area contributed by atoms with E-state index in [1.54, 1.807) is 25.6 Å². The summed E-state index contributed by atoms with van der Waals surface area (Å²) < 4.78 is 20.0. The van der Waals surface area contributed by atoms with Crippen LogP contribution in [-0.2, 0) is 17.8 Å². The van der Waals surface area contributed by atoms with Crippen LogP contribution in [0.4, 0.5) is 15.8 Å². The Bertz CT molecular complexity index is 1140. The van der Waals surface area contributed by atoms with Crippen molar-refractivity contribution in [1.82, 2.24) is 10.3 Å². The number of rotatable bonds is 5. The number of para-hydroxylation sites is 1. The van der Waals surface area contributed by atoms with Crippen LogP contribution >= 0.6 is 0 Å². The van der Waals surface area contributed by atoms with E-state index in [9.17, 15) is 9.18 Å². The van der Waals surface area contributed by atoms with E-state index in [2.05, 4.69) is 26.2 Å². The van der Waals surface area contributed by atoms with Gasteiger partial charge in [-0.05, 0) is 47.9 Å². The quantitative estimate of drug-likeness (QED) is 0.651. The normalized spacial score (nSPS) is 19.5. The van der Waals surface area contributed by atoms with E-state index in [4.69, 9.17) is 4.74 Å². The van der Waals surface area contributed by atoms with Gasteiger partial charge in [0.25, 0.3) is 0 Å². The molecule has 0 saturated carbocycles. The van der Waals surface area contributed by atoms with Gasteiger partial charge >= 0.3 is 0 Å². The highest BCUT2D eigenvalue weighted by molar-refractivity contribution is 5.82. The largest absolute Gasteiger partial charge is 0.497 e. The summed E-state index contributed by atoms with van der Waals surface area (Å²) in [4.78, 5) is 21.8. The SMILES string of the molecule is COc1ccc2c(c1)N1CCN(c3ccccc3F)CC1C(C(=O)NCc1ccncc1)C2. The molecule has 3 aromatic rings. The first kappa shape index (κ1) is 21.2. The number of hydrogen-bond acceptors (Lipinski definition) is 5. The van der Waals surface area contributed by atoms with Crippen LogP contribution in [-0.4, -0.2) is 43.7 Å². The highest BCUT2D eigenvalue weighted by atomic mass is 19.1. The molecule has 1 fully saturated rings. The van der Waals surface area contributed by atoms with Crippen LogP contribution in [0.5, 0.6) is 5.75 Å². The van der Waals surface area contributed by atoms with Crippen molar-refractivity contribution >= 4 is 17.3 Å². The molecule has 2 aliphatic rings. The van der Waals surface area contributed by atoms with E-state index >= 15 is 0 Å². The molecule has 170 valence electrons. The van der Waals surface area contributed by atoms with Gasteiger partial charge in [0, 0.05) is 50.3 Å². The molecule has 6 nitrogen and oxygen atoms in total. The van der Waals surface area contributed by atoms with Crippen LogP contribution in [0.1, 0.15) is 11.1 Å². The highest BCUT2D eigenvalue weighted by Crippen LogP contribution is 2.39. The van der Waals surface area contributed by atoms with Gasteiger partial charge in [-0.25, -0.2) is 4.39 Å². The first-order valence-corrected chi connectivity index (χ1v) is 11.2. The molecule has 1 amide bonds. The zero-order valence-corrected chi connectivity index (χ0v) is 18.6. The average molecular weight is 447 g/mol. The van der Waals surface area contributed by atoms with Crippen molar-refractivity contribution in [2.45, 2.75) is 19.0 Å². The lowest BCUT2D eigenvalue weighted by molar-refractivity contribution is -0.126. The molecule has 1 aromatic heterocycles. The summed E-state index contributed by atoms with van der Waals surface area (Å²) in [7, 11) is 1.66. The third-order valence-corrected chi connectivity index (χ3v) is 6.67. The number of nitrogens with one attached hydrogen (secondary N) is 1. The number of carbonyl (C=O) groups excluding carboxylic acids is 1. The van der Waals surface area contributed by atoms with Crippen molar-refractivity contribution in [3.63, 3.8) is 0 Å². The van der Waals surface area contributed by atoms with Crippen LogP contribution in [0.25, 0.3) is 0 Å². The Kier molecular flexibility index (Phi) is 5.86. The number of methoxy groups -OCH3 is 1. The van der Waals surface area contributed by atoms with Crippen LogP contribution in [0.2, 0.25) is 0 Å². The van der Waals surface area contributed by atoms with E-state index in [-0.39, 0.29) is 23.7 Å². The number of fused-ring (bicyclic) bond motifs is 3. The van der Waals surface area contributed by atoms with Gasteiger partial charge in [0.15, 0.2) is 0 Å². The van der Waals surface area contributed by atoms with Crippen molar-refractivity contribution in [1.29, 1.82) is 0 Å². The smallest absolute Gasteiger partial charge is 0.225 e. The topological polar surface area (TPSA) is 57.7 Å². The summed E-state index contributed by atoms with van der Waals surface area (Å²) in [5.41, 5.74) is 3.83. The zero-order valence-electron chi connectivity index (χ0n) is 18.6. The second-order valence-corrected chi connectivity index (χ2v) is 8.54. The van der Waals surface area contributed by atoms with Crippen molar-refractivity contribution in [3.05, 3.63) is 83.9 Å². The van der Waals surface area contributed by atoms with E-state index in [0.717, 1.165) is 22.6 Å². The second kappa shape index (κ2) is 9.10. The van der Waals surface area contributed by atoms with Gasteiger partial charge in [-0.3, -0.25) is 9.78 Å². The summed E-state index contributed by atoms with van der Waals surface area (Å²) in [6, 6.07) is 16.6. The van der Waals surface area contributed by atoms with Crippen molar-refractivity contribution in [3.8, 4) is 5.75 Å². The molecule has 5 rings (SSSR count). The molecular formula is C26H27FN4O2. The number of benzene rings is 2. The number of amides is 1. The number of pyridine rings is 1. The Hall–Kier alpha value is -3.61. The summed E-state index contributed by atoms with van der Waals surface area (Å²) in [5.74, 6) is 0.327. The number of aromatic nitrogens is 1. The summed E-state index contributed by atoms with van der Waals surface area (Å²) >= 11 is 0. The third-order valence-electron chi connectivity index (χ3n) is 6.67. The predicted molar refractivity (Wildman–Crippen MR) is 126 cm³/mol. The molecular weight excluding hydrogens is 419 g/mol. The molecule has 0 bridgehead atoms. The van der Waals surface area contributed by atoms with Gasteiger partial charge < -0.3 is 19.9 Å². The van der Waals surface area contributed by atoms with Gasteiger partial charge in [-0.2, -0.15) is 0 Å². The fraction of sp³-hybridized carbons (Fsp3) is 0.308. The van der Waals surface area contributed by atoms with E-state index in [1.165, 1.54) is 6.07 Å². The van der Waals surface area contributed by atoms with Gasteiger partial charge in [0.1, 0.15) is 11.6 Å². The van der Waals surface area contributed by atoms with Crippen LogP contribution < -0.4 is 19.9 Å².